The van der Waals surface area contributed by atoms with Crippen LogP contribution in [0.5, 0.6) is 11.5 Å². The maximum absolute atomic E-state index is 13.1. The number of carbonyl (C=O) groups excluding carboxylic acids is 1. The van der Waals surface area contributed by atoms with E-state index in [0.29, 0.717) is 29.4 Å². The van der Waals surface area contributed by atoms with Gasteiger partial charge in [0.25, 0.3) is 0 Å². The predicted molar refractivity (Wildman–Crippen MR) is 110 cm³/mol. The summed E-state index contributed by atoms with van der Waals surface area (Å²) in [6, 6.07) is 8.65. The molecule has 3 rings (SSSR count). The third-order valence-corrected chi connectivity index (χ3v) is 5.01. The van der Waals surface area contributed by atoms with Crippen LogP contribution in [0.15, 0.2) is 46.1 Å². The van der Waals surface area contributed by atoms with Gasteiger partial charge in [0, 0.05) is 18.4 Å². The Balaban J connectivity index is 1.91. The van der Waals surface area contributed by atoms with Crippen LogP contribution in [0.25, 0.3) is 0 Å². The fourth-order valence-electron chi connectivity index (χ4n) is 3.60. The van der Waals surface area contributed by atoms with Crippen molar-refractivity contribution in [3.05, 3.63) is 47.9 Å². The lowest BCUT2D eigenvalue weighted by Gasteiger charge is -2.26. The maximum atomic E-state index is 13.1. The maximum Gasteiger partial charge on any atom is 0.303 e. The summed E-state index contributed by atoms with van der Waals surface area (Å²) in [5, 5.41) is 15.1. The lowest BCUT2D eigenvalue weighted by atomic mass is 9.85. The molecule has 8 nitrogen and oxygen atoms in total. The normalized spacial score (nSPS) is 16.3. The Bertz CT molecular complexity index is 949. The number of rotatable bonds is 8. The summed E-state index contributed by atoms with van der Waals surface area (Å²) in [5.74, 6) is 0.605. The van der Waals surface area contributed by atoms with Crippen LogP contribution in [0.1, 0.15) is 50.5 Å². The SMILES string of the molecule is COc1ccc(C2=NN(C(=O)CC(C)(C)CC(=O)O)C(c3ccco3)C2)cc1OC. The molecule has 1 N–H and O–H groups in total. The van der Waals surface area contributed by atoms with E-state index in [1.807, 2.05) is 12.1 Å². The quantitative estimate of drug-likeness (QED) is 0.704. The van der Waals surface area contributed by atoms with Crippen molar-refractivity contribution < 1.29 is 28.6 Å². The first kappa shape index (κ1) is 21.4. The number of carboxylic acids is 1. The third kappa shape index (κ3) is 4.64. The van der Waals surface area contributed by atoms with Gasteiger partial charge in [0.15, 0.2) is 11.5 Å². The molecule has 1 aliphatic rings. The van der Waals surface area contributed by atoms with E-state index in [9.17, 15) is 9.59 Å². The summed E-state index contributed by atoms with van der Waals surface area (Å²) in [7, 11) is 3.13. The van der Waals surface area contributed by atoms with E-state index < -0.39 is 17.4 Å². The highest BCUT2D eigenvalue weighted by molar-refractivity contribution is 6.03. The minimum Gasteiger partial charge on any atom is -0.493 e. The van der Waals surface area contributed by atoms with Crippen molar-refractivity contribution in [3.8, 4) is 11.5 Å². The molecule has 2 aromatic rings. The lowest BCUT2D eigenvalue weighted by molar-refractivity contribution is -0.141. The number of hydrazone groups is 1. The molecule has 0 spiro atoms. The Morgan fingerprint density at radius 3 is 2.53 bits per heavy atom. The third-order valence-electron chi connectivity index (χ3n) is 5.01. The van der Waals surface area contributed by atoms with Crippen molar-refractivity contribution in [1.82, 2.24) is 5.01 Å². The smallest absolute Gasteiger partial charge is 0.303 e. The van der Waals surface area contributed by atoms with Gasteiger partial charge in [-0.2, -0.15) is 5.10 Å². The number of methoxy groups -OCH3 is 2. The number of ether oxygens (including phenoxy) is 2. The van der Waals surface area contributed by atoms with Crippen molar-refractivity contribution in [2.24, 2.45) is 10.5 Å². The molecular formula is C22H26N2O6. The molecule has 1 aliphatic heterocycles. The molecule has 1 atom stereocenters. The molecule has 1 amide bonds. The van der Waals surface area contributed by atoms with Crippen molar-refractivity contribution in [2.75, 3.05) is 14.2 Å². The number of nitrogens with zero attached hydrogens (tertiary/aromatic N) is 2. The number of amides is 1. The van der Waals surface area contributed by atoms with E-state index >= 15 is 0 Å². The molecule has 0 radical (unpaired) electrons. The van der Waals surface area contributed by atoms with Crippen molar-refractivity contribution >= 4 is 17.6 Å². The minimum absolute atomic E-state index is 0.0548. The Morgan fingerprint density at radius 2 is 1.93 bits per heavy atom. The highest BCUT2D eigenvalue weighted by Crippen LogP contribution is 2.37. The highest BCUT2D eigenvalue weighted by atomic mass is 16.5. The monoisotopic (exact) mass is 414 g/mol. The van der Waals surface area contributed by atoms with E-state index in [-0.39, 0.29) is 18.7 Å². The average molecular weight is 414 g/mol. The highest BCUT2D eigenvalue weighted by Gasteiger charge is 2.37. The van der Waals surface area contributed by atoms with E-state index in [1.54, 1.807) is 52.5 Å². The van der Waals surface area contributed by atoms with Crippen LogP contribution in [0.4, 0.5) is 0 Å². The van der Waals surface area contributed by atoms with Crippen LogP contribution >= 0.6 is 0 Å². The number of benzene rings is 1. The van der Waals surface area contributed by atoms with Gasteiger partial charge < -0.3 is 19.0 Å². The van der Waals surface area contributed by atoms with Crippen LogP contribution in [0.2, 0.25) is 0 Å². The number of aliphatic carboxylic acids is 1. The first-order valence-electron chi connectivity index (χ1n) is 9.61. The summed E-state index contributed by atoms with van der Waals surface area (Å²) in [6.07, 6.45) is 1.97. The molecule has 1 aromatic heterocycles. The van der Waals surface area contributed by atoms with Crippen molar-refractivity contribution in [3.63, 3.8) is 0 Å². The van der Waals surface area contributed by atoms with E-state index in [2.05, 4.69) is 5.10 Å². The summed E-state index contributed by atoms with van der Waals surface area (Å²) in [4.78, 5) is 24.2. The average Bonchev–Trinajstić information content (AvgIpc) is 3.35. The fraction of sp³-hybridized carbons (Fsp3) is 0.409. The van der Waals surface area contributed by atoms with Crippen LogP contribution in [0.3, 0.4) is 0 Å². The first-order chi connectivity index (χ1) is 14.2. The zero-order valence-corrected chi connectivity index (χ0v) is 17.5. The topological polar surface area (TPSA) is 102 Å². The van der Waals surface area contributed by atoms with Crippen molar-refractivity contribution in [2.45, 2.75) is 39.2 Å². The van der Waals surface area contributed by atoms with Gasteiger partial charge in [-0.3, -0.25) is 9.59 Å². The second kappa shape index (κ2) is 8.61. The molecule has 0 fully saturated rings. The molecule has 1 unspecified atom stereocenters. The molecule has 0 saturated heterocycles. The molecule has 160 valence electrons. The van der Waals surface area contributed by atoms with E-state index in [0.717, 1.165) is 5.56 Å². The predicted octanol–water partition coefficient (Wildman–Crippen LogP) is 3.87. The second-order valence-electron chi connectivity index (χ2n) is 8.00. The van der Waals surface area contributed by atoms with Gasteiger partial charge in [0.1, 0.15) is 11.8 Å². The Hall–Kier alpha value is -3.29. The van der Waals surface area contributed by atoms with Crippen LogP contribution < -0.4 is 9.47 Å². The molecule has 30 heavy (non-hydrogen) atoms. The van der Waals surface area contributed by atoms with Gasteiger partial charge in [0.2, 0.25) is 5.91 Å². The molecular weight excluding hydrogens is 388 g/mol. The fourth-order valence-corrected chi connectivity index (χ4v) is 3.60. The zero-order chi connectivity index (χ0) is 21.9. The molecule has 0 aliphatic carbocycles. The molecule has 0 saturated carbocycles. The van der Waals surface area contributed by atoms with Gasteiger partial charge >= 0.3 is 5.97 Å². The van der Waals surface area contributed by atoms with Crippen molar-refractivity contribution in [1.29, 1.82) is 0 Å². The van der Waals surface area contributed by atoms with Gasteiger partial charge in [-0.1, -0.05) is 13.8 Å². The molecule has 0 bridgehead atoms. The first-order valence-corrected chi connectivity index (χ1v) is 9.61. The Kier molecular flexibility index (Phi) is 6.14. The Labute approximate surface area is 175 Å². The van der Waals surface area contributed by atoms with Crippen LogP contribution in [-0.2, 0) is 9.59 Å². The molecule has 8 heteroatoms. The summed E-state index contributed by atoms with van der Waals surface area (Å²) in [5.41, 5.74) is 0.823. The molecule has 1 aromatic carbocycles. The van der Waals surface area contributed by atoms with Gasteiger partial charge in [-0.25, -0.2) is 5.01 Å². The molecule has 2 heterocycles. The Morgan fingerprint density at radius 1 is 1.20 bits per heavy atom. The van der Waals surface area contributed by atoms with Gasteiger partial charge in [0.05, 0.1) is 32.6 Å². The van der Waals surface area contributed by atoms with E-state index in [4.69, 9.17) is 19.0 Å². The number of carboxylic acid groups (broad SMARTS) is 1. The second-order valence-corrected chi connectivity index (χ2v) is 8.00. The van der Waals surface area contributed by atoms with Gasteiger partial charge in [-0.05, 0) is 35.7 Å². The van der Waals surface area contributed by atoms with Crippen LogP contribution in [0, 0.1) is 5.41 Å². The van der Waals surface area contributed by atoms with Gasteiger partial charge in [-0.15, -0.1) is 0 Å². The minimum atomic E-state index is -0.939. The number of carbonyl (C=O) groups is 2. The standard InChI is InChI=1S/C22H26N2O6/c1-22(2,13-21(26)27)12-20(25)24-16(17-6-5-9-30-17)11-15(23-24)14-7-8-18(28-3)19(10-14)29-4/h5-10,16H,11-13H2,1-4H3,(H,26,27). The zero-order valence-electron chi connectivity index (χ0n) is 17.5. The number of hydrogen-bond acceptors (Lipinski definition) is 6. The number of hydrogen-bond donors (Lipinski definition) is 1. The number of furan rings is 1. The summed E-state index contributed by atoms with van der Waals surface area (Å²) < 4.78 is 16.2. The largest absolute Gasteiger partial charge is 0.493 e. The van der Waals surface area contributed by atoms with Crippen LogP contribution in [-0.4, -0.2) is 41.9 Å². The van der Waals surface area contributed by atoms with E-state index in [1.165, 1.54) is 5.01 Å². The summed E-state index contributed by atoms with van der Waals surface area (Å²) in [6.45, 7) is 3.52. The lowest BCUT2D eigenvalue weighted by Crippen LogP contribution is -2.32. The summed E-state index contributed by atoms with van der Waals surface area (Å²) >= 11 is 0.